The molecule has 1 aromatic rings. The fraction of sp³-hybridized carbons (Fsp3) is 0.455. The van der Waals surface area contributed by atoms with Crippen LogP contribution < -0.4 is 20.1 Å². The molecular formula is C22H30N4O8S6. The quantitative estimate of drug-likeness (QED) is 0.0271. The van der Waals surface area contributed by atoms with Crippen LogP contribution in [0.25, 0.3) is 0 Å². The van der Waals surface area contributed by atoms with E-state index in [-0.39, 0.29) is 35.0 Å². The molecule has 0 fully saturated rings. The zero-order chi connectivity index (χ0) is 30.1. The van der Waals surface area contributed by atoms with E-state index in [1.54, 1.807) is 0 Å². The van der Waals surface area contributed by atoms with Crippen LogP contribution in [0, 0.1) is 0 Å². The van der Waals surface area contributed by atoms with Gasteiger partial charge in [-0.25, -0.2) is 14.3 Å². The van der Waals surface area contributed by atoms with Gasteiger partial charge in [0, 0.05) is 28.4 Å². The number of amides is 2. The number of carbonyl (C=O) groups excluding carboxylic acids is 5. The van der Waals surface area contributed by atoms with Crippen LogP contribution in [0.1, 0.15) is 20.7 Å². The van der Waals surface area contributed by atoms with Gasteiger partial charge in [-0.05, 0) is 40.6 Å². The maximum Gasteiger partial charge on any atom is 0.329 e. The van der Waals surface area contributed by atoms with Crippen LogP contribution >= 0.6 is 71.2 Å². The second-order valence-corrected chi connectivity index (χ2v) is 11.7. The van der Waals surface area contributed by atoms with Crippen LogP contribution in [0.5, 0.6) is 0 Å². The maximum atomic E-state index is 12.7. The smallest absolute Gasteiger partial charge is 0.329 e. The lowest BCUT2D eigenvalue weighted by molar-refractivity contribution is -0.143. The molecule has 1 aromatic carbocycles. The maximum absolute atomic E-state index is 12.7. The molecule has 0 heterocycles. The van der Waals surface area contributed by atoms with Gasteiger partial charge in [-0.2, -0.15) is 12.6 Å². The highest BCUT2D eigenvalue weighted by molar-refractivity contribution is 8.76. The summed E-state index contributed by atoms with van der Waals surface area (Å²) in [4.78, 5) is 61.2. The molecule has 40 heavy (non-hydrogen) atoms. The predicted molar refractivity (Wildman–Crippen MR) is 168 cm³/mol. The van der Waals surface area contributed by atoms with Crippen molar-refractivity contribution in [1.82, 2.24) is 20.1 Å². The lowest BCUT2D eigenvalue weighted by Gasteiger charge is -2.18. The van der Waals surface area contributed by atoms with E-state index in [2.05, 4.69) is 45.3 Å². The van der Waals surface area contributed by atoms with Crippen molar-refractivity contribution >= 4 is 105 Å². The van der Waals surface area contributed by atoms with Gasteiger partial charge in [-0.1, -0.05) is 35.0 Å². The fourth-order valence-corrected chi connectivity index (χ4v) is 6.41. The molecule has 0 radical (unpaired) electrons. The first kappa shape index (κ1) is 36.5. The normalized spacial score (nSPS) is 13.7. The Kier molecular flexibility index (Phi) is 18.6. The average Bonchev–Trinajstić information content (AvgIpc) is 2.96. The Morgan fingerprint density at radius 3 is 1.82 bits per heavy atom. The largest absolute Gasteiger partial charge is 0.467 e. The number of methoxy groups -OCH3 is 2. The first-order valence-electron chi connectivity index (χ1n) is 11.3. The molecule has 2 unspecified atom stereocenters. The molecule has 0 aliphatic rings. The first-order valence-corrected chi connectivity index (χ1v) is 16.2. The van der Waals surface area contributed by atoms with E-state index < -0.39 is 53.0 Å². The van der Waals surface area contributed by atoms with Crippen molar-refractivity contribution in [2.24, 2.45) is 0 Å². The highest BCUT2D eigenvalue weighted by Crippen LogP contribution is 2.19. The zero-order valence-electron chi connectivity index (χ0n) is 21.4. The monoisotopic (exact) mass is 670 g/mol. The molecular weight excluding hydrogens is 641 g/mol. The summed E-state index contributed by atoms with van der Waals surface area (Å²) in [5, 5.41) is 15.2. The van der Waals surface area contributed by atoms with Crippen molar-refractivity contribution in [3.63, 3.8) is 0 Å². The highest BCUT2D eigenvalue weighted by atomic mass is 33.1. The second kappa shape index (κ2) is 20.4. The van der Waals surface area contributed by atoms with Gasteiger partial charge >= 0.3 is 11.9 Å². The standard InChI is InChI=1S/C22H30N4O8S6/c1-33-20(30)16(10-38-26-15(9-36)22(32)37)23-18(28)12-3-5-13(6-4-12)19(29)24-17(21(31)34-2)11-39-40-25-14(7-27)8-35/h3-6,8,14-17,25-27,36H,7,9-11H2,1-2H3,(H,23,28)(H,24,29)(H,32,37)/t14-,15+,16?,17?/m1/s1. The molecule has 0 saturated heterocycles. The molecule has 0 saturated carbocycles. The molecule has 18 heteroatoms. The Hall–Kier alpha value is -1.51. The number of aliphatic hydroxyl groups excluding tert-OH is 1. The van der Waals surface area contributed by atoms with E-state index in [0.29, 0.717) is 0 Å². The van der Waals surface area contributed by atoms with Gasteiger partial charge in [0.15, 0.2) is 0 Å². The Balaban J connectivity index is 2.77. The van der Waals surface area contributed by atoms with Gasteiger partial charge in [0.25, 0.3) is 11.8 Å². The average molecular weight is 671 g/mol. The molecule has 5 N–H and O–H groups in total. The molecule has 0 aliphatic heterocycles. The van der Waals surface area contributed by atoms with Gasteiger partial charge in [0.05, 0.1) is 32.9 Å². The molecule has 0 spiro atoms. The summed E-state index contributed by atoms with van der Waals surface area (Å²) in [6, 6.07) is 2.53. The van der Waals surface area contributed by atoms with E-state index in [0.717, 1.165) is 22.9 Å². The fourth-order valence-electron chi connectivity index (χ4n) is 2.58. The van der Waals surface area contributed by atoms with Gasteiger partial charge < -0.3 is 25.2 Å². The number of hydrogen-bond acceptors (Lipinski definition) is 15. The Labute approximate surface area is 260 Å². The summed E-state index contributed by atoms with van der Waals surface area (Å²) in [7, 11) is 4.76. The molecule has 0 bridgehead atoms. The van der Waals surface area contributed by atoms with Crippen LogP contribution in [0.4, 0.5) is 0 Å². The minimum absolute atomic E-state index is 0.0527. The summed E-state index contributed by atoms with van der Waals surface area (Å²) in [6.45, 7) is -0.183. The van der Waals surface area contributed by atoms with Crippen molar-refractivity contribution in [1.29, 1.82) is 0 Å². The van der Waals surface area contributed by atoms with Crippen LogP contribution in [0.2, 0.25) is 0 Å². The minimum Gasteiger partial charge on any atom is -0.467 e. The van der Waals surface area contributed by atoms with Crippen molar-refractivity contribution in [2.75, 3.05) is 38.1 Å². The summed E-state index contributed by atoms with van der Waals surface area (Å²) in [6.07, 6.45) is 0. The third-order valence-corrected chi connectivity index (χ3v) is 8.79. The third-order valence-electron chi connectivity index (χ3n) is 4.80. The van der Waals surface area contributed by atoms with Crippen LogP contribution in [0.15, 0.2) is 24.3 Å². The SMILES string of the molecule is COC(=O)C(CSN[C@@H](CS)C(=O)S)NC(=O)c1ccc(C(=O)NC(CSSN[C@@H](C=S)CO)C(=O)OC)cc1. The Morgan fingerprint density at radius 2 is 1.43 bits per heavy atom. The van der Waals surface area contributed by atoms with E-state index in [1.165, 1.54) is 54.6 Å². The molecule has 222 valence electrons. The summed E-state index contributed by atoms with van der Waals surface area (Å²) in [5.41, 5.74) is 0.350. The van der Waals surface area contributed by atoms with Crippen molar-refractivity contribution in [3.8, 4) is 0 Å². The summed E-state index contributed by atoms with van der Waals surface area (Å²) in [5.74, 6) is -2.09. The van der Waals surface area contributed by atoms with Crippen LogP contribution in [-0.2, 0) is 23.9 Å². The first-order chi connectivity index (χ1) is 19.1. The summed E-state index contributed by atoms with van der Waals surface area (Å²) < 4.78 is 15.2. The molecule has 12 nitrogen and oxygen atoms in total. The number of nitrogens with one attached hydrogen (secondary N) is 4. The number of rotatable bonds is 19. The molecule has 0 aliphatic carbocycles. The topological polar surface area (TPSA) is 172 Å². The molecule has 2 amide bonds. The van der Waals surface area contributed by atoms with Crippen molar-refractivity contribution in [2.45, 2.75) is 24.2 Å². The second-order valence-electron chi connectivity index (χ2n) is 7.59. The number of hydrogen-bond donors (Lipinski definition) is 7. The number of esters is 2. The van der Waals surface area contributed by atoms with Gasteiger partial charge in [-0.3, -0.25) is 19.1 Å². The van der Waals surface area contributed by atoms with E-state index in [1.807, 2.05) is 0 Å². The van der Waals surface area contributed by atoms with E-state index in [4.69, 9.17) is 26.8 Å². The highest BCUT2D eigenvalue weighted by Gasteiger charge is 2.25. The van der Waals surface area contributed by atoms with Gasteiger partial charge in [0.1, 0.15) is 12.1 Å². The van der Waals surface area contributed by atoms with Crippen LogP contribution in [0.3, 0.4) is 0 Å². The Morgan fingerprint density at radius 1 is 0.925 bits per heavy atom. The lowest BCUT2D eigenvalue weighted by Crippen LogP contribution is -2.44. The minimum atomic E-state index is -1.03. The summed E-state index contributed by atoms with van der Waals surface area (Å²) >= 11 is 13.6. The number of carbonyl (C=O) groups is 5. The van der Waals surface area contributed by atoms with E-state index >= 15 is 0 Å². The zero-order valence-corrected chi connectivity index (χ0v) is 26.4. The predicted octanol–water partition coefficient (Wildman–Crippen LogP) is 0.469. The third kappa shape index (κ3) is 13.0. The van der Waals surface area contributed by atoms with Gasteiger partial charge in [-0.15, -0.1) is 12.6 Å². The van der Waals surface area contributed by atoms with Crippen molar-refractivity contribution < 1.29 is 38.6 Å². The number of thiocarbonyl (C=S) groups is 1. The number of benzene rings is 1. The van der Waals surface area contributed by atoms with E-state index in [9.17, 15) is 24.0 Å². The van der Waals surface area contributed by atoms with Crippen LogP contribution in [-0.4, -0.2) is 102 Å². The molecule has 0 aromatic heterocycles. The van der Waals surface area contributed by atoms with Gasteiger partial charge in [0.2, 0.25) is 5.12 Å². The van der Waals surface area contributed by atoms with Crippen molar-refractivity contribution in [3.05, 3.63) is 35.4 Å². The lowest BCUT2D eigenvalue weighted by atomic mass is 10.1. The molecule has 1 rings (SSSR count). The number of ether oxygens (including phenoxy) is 2. The number of aliphatic hydroxyl groups is 1. The number of thiol groups is 2. The Bertz CT molecular complexity index is 1020. The molecule has 4 atom stereocenters.